The second kappa shape index (κ2) is 8.43. The van der Waals surface area contributed by atoms with Crippen molar-refractivity contribution in [1.29, 1.82) is 0 Å². The van der Waals surface area contributed by atoms with Gasteiger partial charge < -0.3 is 20.5 Å². The molecule has 0 aliphatic carbocycles. The van der Waals surface area contributed by atoms with Gasteiger partial charge in [0.05, 0.1) is 7.11 Å². The number of benzene rings is 1. The average molecular weight is 280 g/mol. The van der Waals surface area contributed by atoms with Gasteiger partial charge in [0.15, 0.2) is 17.6 Å². The van der Waals surface area contributed by atoms with Crippen LogP contribution in [0.3, 0.4) is 0 Å². The van der Waals surface area contributed by atoms with Gasteiger partial charge in [-0.05, 0) is 19.4 Å². The van der Waals surface area contributed by atoms with E-state index in [-0.39, 0.29) is 5.91 Å². The number of para-hydroxylation sites is 1. The topological polar surface area (TPSA) is 73.6 Å². The molecule has 5 nitrogen and oxygen atoms in total. The maximum atomic E-state index is 11.9. The molecule has 0 fully saturated rings. The third-order valence-electron chi connectivity index (χ3n) is 2.99. The van der Waals surface area contributed by atoms with E-state index in [0.29, 0.717) is 24.6 Å². The standard InChI is InChI=1S/C15H24N2O3/c1-4-5-9-17-15(18)11(2)20-14-12(10-16)7-6-8-13(14)19-3/h6-8,11H,4-5,9-10,16H2,1-3H3,(H,17,18). The van der Waals surface area contributed by atoms with Crippen molar-refractivity contribution in [2.45, 2.75) is 39.3 Å². The first-order valence-electron chi connectivity index (χ1n) is 6.94. The minimum atomic E-state index is -0.589. The molecule has 0 saturated heterocycles. The number of rotatable bonds is 8. The molecule has 1 unspecified atom stereocenters. The fourth-order valence-corrected chi connectivity index (χ4v) is 1.78. The van der Waals surface area contributed by atoms with Crippen molar-refractivity contribution >= 4 is 5.91 Å². The van der Waals surface area contributed by atoms with Gasteiger partial charge in [-0.1, -0.05) is 25.5 Å². The second-order valence-corrected chi connectivity index (χ2v) is 4.56. The zero-order chi connectivity index (χ0) is 15.0. The van der Waals surface area contributed by atoms with Gasteiger partial charge in [-0.15, -0.1) is 0 Å². The molecule has 1 rings (SSSR count). The lowest BCUT2D eigenvalue weighted by molar-refractivity contribution is -0.127. The zero-order valence-corrected chi connectivity index (χ0v) is 12.4. The lowest BCUT2D eigenvalue weighted by Gasteiger charge is -2.19. The Morgan fingerprint density at radius 3 is 2.80 bits per heavy atom. The summed E-state index contributed by atoms with van der Waals surface area (Å²) in [5.74, 6) is 0.990. The van der Waals surface area contributed by atoms with Crippen LogP contribution in [0.15, 0.2) is 18.2 Å². The molecule has 112 valence electrons. The monoisotopic (exact) mass is 280 g/mol. The van der Waals surface area contributed by atoms with E-state index in [4.69, 9.17) is 15.2 Å². The Bertz CT molecular complexity index is 413. The van der Waals surface area contributed by atoms with Gasteiger partial charge in [-0.2, -0.15) is 0 Å². The molecule has 0 saturated carbocycles. The fraction of sp³-hybridized carbons (Fsp3) is 0.533. The van der Waals surface area contributed by atoms with Crippen molar-refractivity contribution in [3.63, 3.8) is 0 Å². The molecule has 0 aromatic heterocycles. The zero-order valence-electron chi connectivity index (χ0n) is 12.4. The van der Waals surface area contributed by atoms with Crippen molar-refractivity contribution in [2.24, 2.45) is 5.73 Å². The molecular formula is C15H24N2O3. The van der Waals surface area contributed by atoms with Gasteiger partial charge in [-0.25, -0.2) is 0 Å². The maximum Gasteiger partial charge on any atom is 0.260 e. The van der Waals surface area contributed by atoms with Crippen LogP contribution in [-0.4, -0.2) is 25.7 Å². The third-order valence-corrected chi connectivity index (χ3v) is 2.99. The number of nitrogens with one attached hydrogen (secondary N) is 1. The van der Waals surface area contributed by atoms with E-state index in [2.05, 4.69) is 12.2 Å². The largest absolute Gasteiger partial charge is 0.493 e. The summed E-state index contributed by atoms with van der Waals surface area (Å²) in [4.78, 5) is 11.9. The highest BCUT2D eigenvalue weighted by atomic mass is 16.5. The Labute approximate surface area is 120 Å². The minimum absolute atomic E-state index is 0.132. The predicted molar refractivity (Wildman–Crippen MR) is 78.9 cm³/mol. The van der Waals surface area contributed by atoms with Crippen LogP contribution in [0.25, 0.3) is 0 Å². The van der Waals surface area contributed by atoms with Crippen molar-refractivity contribution in [2.75, 3.05) is 13.7 Å². The summed E-state index contributed by atoms with van der Waals surface area (Å²) >= 11 is 0. The summed E-state index contributed by atoms with van der Waals surface area (Å²) in [7, 11) is 1.56. The first-order chi connectivity index (χ1) is 9.63. The van der Waals surface area contributed by atoms with Crippen LogP contribution < -0.4 is 20.5 Å². The first kappa shape index (κ1) is 16.3. The summed E-state index contributed by atoms with van der Waals surface area (Å²) in [5, 5.41) is 2.84. The quantitative estimate of drug-likeness (QED) is 0.713. The molecule has 5 heteroatoms. The van der Waals surface area contributed by atoms with Gasteiger partial charge in [0.25, 0.3) is 5.91 Å². The van der Waals surface area contributed by atoms with Crippen LogP contribution in [0, 0.1) is 0 Å². The van der Waals surface area contributed by atoms with E-state index in [9.17, 15) is 4.79 Å². The highest BCUT2D eigenvalue weighted by Crippen LogP contribution is 2.31. The van der Waals surface area contributed by atoms with Crippen molar-refractivity contribution < 1.29 is 14.3 Å². The molecule has 0 aliphatic rings. The van der Waals surface area contributed by atoms with Crippen LogP contribution in [0.5, 0.6) is 11.5 Å². The summed E-state index contributed by atoms with van der Waals surface area (Å²) in [6.07, 6.45) is 1.41. The van der Waals surface area contributed by atoms with Crippen molar-refractivity contribution in [1.82, 2.24) is 5.32 Å². The highest BCUT2D eigenvalue weighted by molar-refractivity contribution is 5.80. The predicted octanol–water partition coefficient (Wildman–Crippen LogP) is 1.84. The van der Waals surface area contributed by atoms with E-state index in [1.165, 1.54) is 0 Å². The number of carbonyl (C=O) groups excluding carboxylic acids is 1. The maximum absolute atomic E-state index is 11.9. The number of carbonyl (C=O) groups is 1. The number of ether oxygens (including phenoxy) is 2. The fourth-order valence-electron chi connectivity index (χ4n) is 1.78. The van der Waals surface area contributed by atoms with Crippen molar-refractivity contribution in [3.05, 3.63) is 23.8 Å². The molecule has 3 N–H and O–H groups in total. The Morgan fingerprint density at radius 2 is 2.20 bits per heavy atom. The lowest BCUT2D eigenvalue weighted by Crippen LogP contribution is -2.37. The molecule has 1 amide bonds. The van der Waals surface area contributed by atoms with Crippen molar-refractivity contribution in [3.8, 4) is 11.5 Å². The van der Waals surface area contributed by atoms with Crippen LogP contribution in [-0.2, 0) is 11.3 Å². The van der Waals surface area contributed by atoms with E-state index >= 15 is 0 Å². The number of nitrogens with two attached hydrogens (primary N) is 1. The first-order valence-corrected chi connectivity index (χ1v) is 6.94. The van der Waals surface area contributed by atoms with Gasteiger partial charge in [0, 0.05) is 18.7 Å². The molecule has 1 aromatic rings. The molecule has 0 radical (unpaired) electrons. The van der Waals surface area contributed by atoms with Gasteiger partial charge in [-0.3, -0.25) is 4.79 Å². The molecule has 0 heterocycles. The number of unbranched alkanes of at least 4 members (excludes halogenated alkanes) is 1. The Balaban J connectivity index is 2.74. The molecule has 20 heavy (non-hydrogen) atoms. The van der Waals surface area contributed by atoms with Gasteiger partial charge >= 0.3 is 0 Å². The summed E-state index contributed by atoms with van der Waals surface area (Å²) in [6, 6.07) is 5.50. The lowest BCUT2D eigenvalue weighted by atomic mass is 10.2. The molecule has 0 bridgehead atoms. The van der Waals surface area contributed by atoms with Gasteiger partial charge in [0.2, 0.25) is 0 Å². The SMILES string of the molecule is CCCCNC(=O)C(C)Oc1c(CN)cccc1OC. The van der Waals surface area contributed by atoms with Crippen LogP contribution in [0.1, 0.15) is 32.3 Å². The Hall–Kier alpha value is -1.75. The van der Waals surface area contributed by atoms with E-state index in [1.807, 2.05) is 12.1 Å². The summed E-state index contributed by atoms with van der Waals surface area (Å²) in [6.45, 7) is 4.79. The smallest absolute Gasteiger partial charge is 0.260 e. The van der Waals surface area contributed by atoms with E-state index in [0.717, 1.165) is 18.4 Å². The molecular weight excluding hydrogens is 256 g/mol. The van der Waals surface area contributed by atoms with Crippen LogP contribution >= 0.6 is 0 Å². The van der Waals surface area contributed by atoms with E-state index < -0.39 is 6.10 Å². The average Bonchev–Trinajstić information content (AvgIpc) is 2.47. The number of hydrogen-bond donors (Lipinski definition) is 2. The molecule has 1 atom stereocenters. The Morgan fingerprint density at radius 1 is 1.45 bits per heavy atom. The summed E-state index contributed by atoms with van der Waals surface area (Å²) in [5.41, 5.74) is 6.51. The van der Waals surface area contributed by atoms with Crippen LogP contribution in [0.4, 0.5) is 0 Å². The molecule has 0 spiro atoms. The number of hydrogen-bond acceptors (Lipinski definition) is 4. The molecule has 0 aliphatic heterocycles. The highest BCUT2D eigenvalue weighted by Gasteiger charge is 2.18. The third kappa shape index (κ3) is 4.42. The summed E-state index contributed by atoms with van der Waals surface area (Å²) < 4.78 is 11.0. The number of methoxy groups -OCH3 is 1. The van der Waals surface area contributed by atoms with Crippen LogP contribution in [0.2, 0.25) is 0 Å². The number of amides is 1. The Kier molecular flexibility index (Phi) is 6.87. The van der Waals surface area contributed by atoms with Gasteiger partial charge in [0.1, 0.15) is 0 Å². The minimum Gasteiger partial charge on any atom is -0.493 e. The van der Waals surface area contributed by atoms with E-state index in [1.54, 1.807) is 20.1 Å². The normalized spacial score (nSPS) is 11.8. The molecule has 1 aromatic carbocycles. The second-order valence-electron chi connectivity index (χ2n) is 4.56.